The van der Waals surface area contributed by atoms with Crippen LogP contribution in [0.15, 0.2) is 17.5 Å². The molecule has 0 unspecified atom stereocenters. The number of carbonyl (C=O) groups is 1. The number of thiophene rings is 1. The molecule has 2 N–H and O–H groups in total. The zero-order chi connectivity index (χ0) is 13.9. The number of amides is 1. The number of nitrogens with zero attached hydrogens (tertiary/aromatic N) is 1. The number of hydrogen-bond donors (Lipinski definition) is 1. The highest BCUT2D eigenvalue weighted by Gasteiger charge is 2.37. The molecule has 0 spiro atoms. The van der Waals surface area contributed by atoms with Crippen LogP contribution in [-0.2, 0) is 11.2 Å². The van der Waals surface area contributed by atoms with Crippen LogP contribution in [0.4, 0.5) is 0 Å². The van der Waals surface area contributed by atoms with Crippen LogP contribution in [0.5, 0.6) is 0 Å². The maximum atomic E-state index is 12.2. The predicted molar refractivity (Wildman–Crippen MR) is 86.9 cm³/mol. The lowest BCUT2D eigenvalue weighted by Crippen LogP contribution is -2.50. The first-order valence-electron chi connectivity index (χ1n) is 6.22. The highest BCUT2D eigenvalue weighted by Crippen LogP contribution is 2.35. The van der Waals surface area contributed by atoms with E-state index in [9.17, 15) is 4.79 Å². The van der Waals surface area contributed by atoms with Crippen LogP contribution >= 0.6 is 35.3 Å². The van der Waals surface area contributed by atoms with E-state index in [2.05, 4.69) is 0 Å². The quantitative estimate of drug-likeness (QED) is 0.866. The van der Waals surface area contributed by atoms with E-state index in [4.69, 9.17) is 18.0 Å². The minimum absolute atomic E-state index is 0.116. The predicted octanol–water partition coefficient (Wildman–Crippen LogP) is 2.30. The Morgan fingerprint density at radius 3 is 2.74 bits per heavy atom. The molecule has 3 nitrogen and oxygen atoms in total. The summed E-state index contributed by atoms with van der Waals surface area (Å²) >= 11 is 8.53. The summed E-state index contributed by atoms with van der Waals surface area (Å²) in [7, 11) is 0. The number of carbonyl (C=O) groups excluding carboxylic acids is 1. The third-order valence-corrected chi connectivity index (χ3v) is 6.48. The smallest absolute Gasteiger partial charge is 0.227 e. The van der Waals surface area contributed by atoms with Crippen LogP contribution in [0.25, 0.3) is 0 Å². The molecule has 104 valence electrons. The van der Waals surface area contributed by atoms with Crippen molar-refractivity contribution in [3.63, 3.8) is 0 Å². The Bertz CT molecular complexity index is 450. The van der Waals surface area contributed by atoms with Gasteiger partial charge >= 0.3 is 0 Å². The summed E-state index contributed by atoms with van der Waals surface area (Å²) in [4.78, 5) is 15.8. The van der Waals surface area contributed by atoms with Gasteiger partial charge in [-0.25, -0.2) is 0 Å². The number of hydrogen-bond acceptors (Lipinski definition) is 4. The molecule has 0 saturated carbocycles. The van der Waals surface area contributed by atoms with Crippen molar-refractivity contribution in [3.8, 4) is 0 Å². The molecule has 0 bridgehead atoms. The first kappa shape index (κ1) is 14.8. The standard InChI is InChI=1S/C13H18N2OS3/c1-18-13(12(14)17)4-6-15(7-5-13)11(16)9-10-3-2-8-19-10/h2-3,8H,4-7,9H2,1H3,(H2,14,17). The minimum Gasteiger partial charge on any atom is -0.392 e. The second-order valence-corrected chi connectivity index (χ2v) is 7.36. The summed E-state index contributed by atoms with van der Waals surface area (Å²) in [6, 6.07) is 3.99. The van der Waals surface area contributed by atoms with Crippen LogP contribution in [0.1, 0.15) is 17.7 Å². The van der Waals surface area contributed by atoms with Crippen molar-refractivity contribution in [2.75, 3.05) is 19.3 Å². The van der Waals surface area contributed by atoms with Gasteiger partial charge in [-0.2, -0.15) is 11.8 Å². The number of likely N-dealkylation sites (tertiary alicyclic amines) is 1. The van der Waals surface area contributed by atoms with Gasteiger partial charge in [0.2, 0.25) is 5.91 Å². The molecule has 0 radical (unpaired) electrons. The van der Waals surface area contributed by atoms with E-state index >= 15 is 0 Å². The van der Waals surface area contributed by atoms with Gasteiger partial charge in [0, 0.05) is 18.0 Å². The van der Waals surface area contributed by atoms with E-state index < -0.39 is 0 Å². The number of nitrogens with two attached hydrogens (primary N) is 1. The second kappa shape index (κ2) is 6.24. The van der Waals surface area contributed by atoms with Crippen molar-refractivity contribution in [1.29, 1.82) is 0 Å². The Labute approximate surface area is 127 Å². The van der Waals surface area contributed by atoms with Crippen molar-refractivity contribution >= 4 is 46.2 Å². The van der Waals surface area contributed by atoms with Crippen molar-refractivity contribution in [1.82, 2.24) is 4.90 Å². The van der Waals surface area contributed by atoms with Crippen molar-refractivity contribution < 1.29 is 4.79 Å². The van der Waals surface area contributed by atoms with Gasteiger partial charge in [-0.1, -0.05) is 18.3 Å². The van der Waals surface area contributed by atoms with Crippen LogP contribution in [0.2, 0.25) is 0 Å². The lowest BCUT2D eigenvalue weighted by atomic mass is 9.95. The molecular weight excluding hydrogens is 296 g/mol. The lowest BCUT2D eigenvalue weighted by Gasteiger charge is -2.40. The van der Waals surface area contributed by atoms with E-state index in [1.54, 1.807) is 23.1 Å². The van der Waals surface area contributed by atoms with E-state index in [1.165, 1.54) is 0 Å². The van der Waals surface area contributed by atoms with Crippen molar-refractivity contribution in [2.45, 2.75) is 24.0 Å². The SMILES string of the molecule is CSC1(C(N)=S)CCN(C(=O)Cc2cccs2)CC1. The minimum atomic E-state index is -0.116. The molecule has 1 aliphatic rings. The normalized spacial score (nSPS) is 18.3. The summed E-state index contributed by atoms with van der Waals surface area (Å²) in [5, 5.41) is 2.00. The van der Waals surface area contributed by atoms with Gasteiger partial charge in [0.05, 0.1) is 16.2 Å². The third-order valence-electron chi connectivity index (χ3n) is 3.67. The van der Waals surface area contributed by atoms with Gasteiger partial charge < -0.3 is 10.6 Å². The van der Waals surface area contributed by atoms with E-state index in [1.807, 2.05) is 28.7 Å². The molecule has 1 saturated heterocycles. The van der Waals surface area contributed by atoms with Crippen LogP contribution in [0.3, 0.4) is 0 Å². The fourth-order valence-corrected chi connectivity index (χ4v) is 4.28. The van der Waals surface area contributed by atoms with Gasteiger partial charge in [0.15, 0.2) is 0 Å². The summed E-state index contributed by atoms with van der Waals surface area (Å²) in [5.74, 6) is 0.208. The zero-order valence-corrected chi connectivity index (χ0v) is 13.4. The van der Waals surface area contributed by atoms with Crippen LogP contribution < -0.4 is 5.73 Å². The fraction of sp³-hybridized carbons (Fsp3) is 0.538. The number of rotatable bonds is 4. The monoisotopic (exact) mass is 314 g/mol. The first-order valence-corrected chi connectivity index (χ1v) is 8.74. The molecule has 1 amide bonds. The van der Waals surface area contributed by atoms with Gasteiger partial charge in [-0.05, 0) is 30.5 Å². The highest BCUT2D eigenvalue weighted by atomic mass is 32.2. The van der Waals surface area contributed by atoms with Gasteiger partial charge in [-0.3, -0.25) is 4.79 Å². The van der Waals surface area contributed by atoms with Crippen LogP contribution in [-0.4, -0.2) is 39.9 Å². The molecule has 0 atom stereocenters. The Hall–Kier alpha value is -0.590. The Balaban J connectivity index is 1.92. The molecule has 1 aromatic heterocycles. The molecule has 19 heavy (non-hydrogen) atoms. The molecule has 6 heteroatoms. The molecular formula is C13H18N2OS3. The average Bonchev–Trinajstić information content (AvgIpc) is 2.91. The number of piperidine rings is 1. The average molecular weight is 315 g/mol. The Morgan fingerprint density at radius 2 is 2.26 bits per heavy atom. The molecule has 1 fully saturated rings. The maximum absolute atomic E-state index is 12.2. The molecule has 1 aliphatic heterocycles. The van der Waals surface area contributed by atoms with Crippen molar-refractivity contribution in [3.05, 3.63) is 22.4 Å². The maximum Gasteiger partial charge on any atom is 0.227 e. The number of thiocarbonyl (C=S) groups is 1. The molecule has 1 aromatic rings. The van der Waals surface area contributed by atoms with E-state index in [0.29, 0.717) is 11.4 Å². The second-order valence-electron chi connectivity index (χ2n) is 4.70. The Kier molecular flexibility index (Phi) is 4.86. The van der Waals surface area contributed by atoms with Crippen LogP contribution in [0, 0.1) is 0 Å². The summed E-state index contributed by atoms with van der Waals surface area (Å²) < 4.78 is -0.116. The van der Waals surface area contributed by atoms with Gasteiger partial charge in [-0.15, -0.1) is 11.3 Å². The largest absolute Gasteiger partial charge is 0.392 e. The lowest BCUT2D eigenvalue weighted by molar-refractivity contribution is -0.131. The van der Waals surface area contributed by atoms with Crippen molar-refractivity contribution in [2.24, 2.45) is 5.73 Å². The van der Waals surface area contributed by atoms with Gasteiger partial charge in [0.25, 0.3) is 0 Å². The summed E-state index contributed by atoms with van der Waals surface area (Å²) in [6.45, 7) is 1.50. The molecule has 2 rings (SSSR count). The zero-order valence-electron chi connectivity index (χ0n) is 10.9. The molecule has 2 heterocycles. The topological polar surface area (TPSA) is 46.3 Å². The Morgan fingerprint density at radius 1 is 1.58 bits per heavy atom. The summed E-state index contributed by atoms with van der Waals surface area (Å²) in [6.07, 6.45) is 4.28. The first-order chi connectivity index (χ1) is 9.07. The fourth-order valence-electron chi connectivity index (χ4n) is 2.34. The summed E-state index contributed by atoms with van der Waals surface area (Å²) in [5.41, 5.74) is 5.85. The molecule has 0 aliphatic carbocycles. The van der Waals surface area contributed by atoms with Gasteiger partial charge in [0.1, 0.15) is 0 Å². The van der Waals surface area contributed by atoms with E-state index in [-0.39, 0.29) is 10.7 Å². The highest BCUT2D eigenvalue weighted by molar-refractivity contribution is 8.02. The molecule has 0 aromatic carbocycles. The van der Waals surface area contributed by atoms with E-state index in [0.717, 1.165) is 30.8 Å². The third kappa shape index (κ3) is 3.30. The number of thioether (sulfide) groups is 1.